The Morgan fingerprint density at radius 1 is 1.33 bits per heavy atom. The first-order valence-corrected chi connectivity index (χ1v) is 8.62. The molecule has 24 heavy (non-hydrogen) atoms. The maximum atomic E-state index is 12.6. The molecule has 1 N–H and O–H groups in total. The van der Waals surface area contributed by atoms with Gasteiger partial charge in [-0.25, -0.2) is 0 Å². The number of likely N-dealkylation sites (tertiary alicyclic amines) is 1. The molecule has 2 heterocycles. The summed E-state index contributed by atoms with van der Waals surface area (Å²) < 4.78 is 0. The predicted octanol–water partition coefficient (Wildman–Crippen LogP) is 1.28. The number of nitrogens with zero attached hydrogens (tertiary/aromatic N) is 3. The lowest BCUT2D eigenvalue weighted by atomic mass is 9.98. The zero-order chi connectivity index (χ0) is 17.5. The number of hydrogen-bond donors (Lipinski definition) is 1. The summed E-state index contributed by atoms with van der Waals surface area (Å²) in [7, 11) is 1.95. The molecule has 2 amide bonds. The lowest BCUT2D eigenvalue weighted by Crippen LogP contribution is -2.41. The number of carbonyl (C=O) groups excluding carboxylic acids is 2. The number of pyridine rings is 1. The van der Waals surface area contributed by atoms with Crippen molar-refractivity contribution in [1.29, 1.82) is 0 Å². The Bertz CT molecular complexity index is 549. The SMILES string of the molecule is CCC[C@@H]1CN(C(=O)CN(C)Cc2ccncc2)C[C@H]1NC(C)=O. The van der Waals surface area contributed by atoms with Gasteiger partial charge in [0.1, 0.15) is 0 Å². The van der Waals surface area contributed by atoms with Crippen LogP contribution in [-0.2, 0) is 16.1 Å². The van der Waals surface area contributed by atoms with Crippen LogP contribution >= 0.6 is 0 Å². The van der Waals surface area contributed by atoms with Crippen LogP contribution in [0.5, 0.6) is 0 Å². The van der Waals surface area contributed by atoms with Gasteiger partial charge in [0.2, 0.25) is 11.8 Å². The maximum absolute atomic E-state index is 12.6. The molecule has 0 spiro atoms. The van der Waals surface area contributed by atoms with E-state index in [4.69, 9.17) is 0 Å². The molecule has 132 valence electrons. The average molecular weight is 332 g/mol. The van der Waals surface area contributed by atoms with Gasteiger partial charge >= 0.3 is 0 Å². The van der Waals surface area contributed by atoms with E-state index in [1.165, 1.54) is 6.92 Å². The van der Waals surface area contributed by atoms with Gasteiger partial charge in [-0.15, -0.1) is 0 Å². The molecular weight excluding hydrogens is 304 g/mol. The molecule has 1 fully saturated rings. The van der Waals surface area contributed by atoms with E-state index in [2.05, 4.69) is 17.2 Å². The Kier molecular flexibility index (Phi) is 6.73. The average Bonchev–Trinajstić information content (AvgIpc) is 2.91. The zero-order valence-corrected chi connectivity index (χ0v) is 14.9. The first-order chi connectivity index (χ1) is 11.5. The lowest BCUT2D eigenvalue weighted by molar-refractivity contribution is -0.131. The monoisotopic (exact) mass is 332 g/mol. The highest BCUT2D eigenvalue weighted by atomic mass is 16.2. The van der Waals surface area contributed by atoms with Crippen LogP contribution in [-0.4, -0.2) is 59.3 Å². The van der Waals surface area contributed by atoms with Crippen LogP contribution in [0.2, 0.25) is 0 Å². The van der Waals surface area contributed by atoms with E-state index in [1.807, 2.05) is 29.0 Å². The molecule has 1 aromatic heterocycles. The van der Waals surface area contributed by atoms with E-state index in [1.54, 1.807) is 12.4 Å². The summed E-state index contributed by atoms with van der Waals surface area (Å²) in [4.78, 5) is 31.9. The Morgan fingerprint density at radius 2 is 2.04 bits per heavy atom. The Hall–Kier alpha value is -1.95. The van der Waals surface area contributed by atoms with Crippen molar-refractivity contribution in [1.82, 2.24) is 20.1 Å². The van der Waals surface area contributed by atoms with Gasteiger partial charge in [0, 0.05) is 39.0 Å². The van der Waals surface area contributed by atoms with Crippen molar-refractivity contribution >= 4 is 11.8 Å². The first kappa shape index (κ1) is 18.4. The molecule has 1 aliphatic rings. The van der Waals surface area contributed by atoms with Crippen LogP contribution in [0, 0.1) is 5.92 Å². The fraction of sp³-hybridized carbons (Fsp3) is 0.611. The van der Waals surface area contributed by atoms with Gasteiger partial charge in [-0.05, 0) is 37.1 Å². The number of likely N-dealkylation sites (N-methyl/N-ethyl adjacent to an activating group) is 1. The molecule has 0 saturated carbocycles. The summed E-state index contributed by atoms with van der Waals surface area (Å²) in [5.74, 6) is 0.457. The molecule has 0 bridgehead atoms. The third kappa shape index (κ3) is 5.30. The van der Waals surface area contributed by atoms with Crippen molar-refractivity contribution < 1.29 is 9.59 Å². The van der Waals surface area contributed by atoms with E-state index in [9.17, 15) is 9.59 Å². The Balaban J connectivity index is 1.88. The summed E-state index contributed by atoms with van der Waals surface area (Å²) in [5, 5.41) is 3.00. The predicted molar refractivity (Wildman–Crippen MR) is 93.2 cm³/mol. The van der Waals surface area contributed by atoms with Crippen LogP contribution in [0.1, 0.15) is 32.3 Å². The minimum atomic E-state index is -0.0230. The largest absolute Gasteiger partial charge is 0.351 e. The van der Waals surface area contributed by atoms with E-state index >= 15 is 0 Å². The molecule has 2 rings (SSSR count). The van der Waals surface area contributed by atoms with Gasteiger partial charge in [0.15, 0.2) is 0 Å². The molecule has 1 saturated heterocycles. The number of amides is 2. The molecule has 1 aliphatic heterocycles. The summed E-state index contributed by atoms with van der Waals surface area (Å²) in [5.41, 5.74) is 1.14. The molecule has 6 heteroatoms. The quantitative estimate of drug-likeness (QED) is 0.817. The van der Waals surface area contributed by atoms with Crippen molar-refractivity contribution in [3.8, 4) is 0 Å². The lowest BCUT2D eigenvalue weighted by Gasteiger charge is -2.21. The Morgan fingerprint density at radius 3 is 2.67 bits per heavy atom. The standard InChI is InChI=1S/C18H28N4O2/c1-4-5-16-11-22(12-17(16)20-14(2)23)18(24)13-21(3)10-15-6-8-19-9-7-15/h6-9,16-17H,4-5,10-13H2,1-3H3,(H,20,23)/t16-,17-/m1/s1. The van der Waals surface area contributed by atoms with E-state index in [0.717, 1.165) is 31.5 Å². The second kappa shape index (κ2) is 8.78. The van der Waals surface area contributed by atoms with Crippen molar-refractivity contribution in [3.63, 3.8) is 0 Å². The minimum absolute atomic E-state index is 0.0230. The highest BCUT2D eigenvalue weighted by Gasteiger charge is 2.35. The highest BCUT2D eigenvalue weighted by Crippen LogP contribution is 2.22. The fourth-order valence-electron chi connectivity index (χ4n) is 3.35. The van der Waals surface area contributed by atoms with Crippen LogP contribution in [0.3, 0.4) is 0 Å². The van der Waals surface area contributed by atoms with Crippen LogP contribution in [0.4, 0.5) is 0 Å². The summed E-state index contributed by atoms with van der Waals surface area (Å²) in [6, 6.07) is 4.00. The molecule has 0 radical (unpaired) electrons. The van der Waals surface area contributed by atoms with Gasteiger partial charge in [-0.3, -0.25) is 19.5 Å². The summed E-state index contributed by atoms with van der Waals surface area (Å²) in [6.45, 7) is 6.13. The van der Waals surface area contributed by atoms with Crippen LogP contribution < -0.4 is 5.32 Å². The first-order valence-electron chi connectivity index (χ1n) is 8.62. The number of carbonyl (C=O) groups is 2. The van der Waals surface area contributed by atoms with Crippen LogP contribution in [0.25, 0.3) is 0 Å². The van der Waals surface area contributed by atoms with Crippen molar-refractivity contribution in [2.24, 2.45) is 5.92 Å². The second-order valence-electron chi connectivity index (χ2n) is 6.68. The van der Waals surface area contributed by atoms with E-state index in [-0.39, 0.29) is 17.9 Å². The highest BCUT2D eigenvalue weighted by molar-refractivity contribution is 5.79. The minimum Gasteiger partial charge on any atom is -0.351 e. The molecule has 6 nitrogen and oxygen atoms in total. The van der Waals surface area contributed by atoms with Crippen LogP contribution in [0.15, 0.2) is 24.5 Å². The summed E-state index contributed by atoms with van der Waals surface area (Å²) >= 11 is 0. The van der Waals surface area contributed by atoms with Gasteiger partial charge in [-0.1, -0.05) is 13.3 Å². The molecule has 0 aliphatic carbocycles. The van der Waals surface area contributed by atoms with Crippen molar-refractivity contribution in [2.75, 3.05) is 26.7 Å². The number of nitrogens with one attached hydrogen (secondary N) is 1. The Labute approximate surface area is 144 Å². The van der Waals surface area contributed by atoms with Gasteiger partial charge in [0.05, 0.1) is 12.6 Å². The molecule has 0 aromatic carbocycles. The molecule has 1 aromatic rings. The van der Waals surface area contributed by atoms with Gasteiger partial charge in [-0.2, -0.15) is 0 Å². The van der Waals surface area contributed by atoms with E-state index < -0.39 is 0 Å². The fourth-order valence-corrected chi connectivity index (χ4v) is 3.35. The van der Waals surface area contributed by atoms with Gasteiger partial charge in [0.25, 0.3) is 0 Å². The van der Waals surface area contributed by atoms with Gasteiger partial charge < -0.3 is 10.2 Å². The number of rotatable bonds is 7. The third-order valence-electron chi connectivity index (χ3n) is 4.45. The maximum Gasteiger partial charge on any atom is 0.236 e. The molecule has 2 atom stereocenters. The molecular formula is C18H28N4O2. The second-order valence-corrected chi connectivity index (χ2v) is 6.68. The number of hydrogen-bond acceptors (Lipinski definition) is 4. The van der Waals surface area contributed by atoms with E-state index in [0.29, 0.717) is 19.0 Å². The number of aromatic nitrogens is 1. The normalized spacial score (nSPS) is 20.4. The smallest absolute Gasteiger partial charge is 0.236 e. The van der Waals surface area contributed by atoms with Crippen molar-refractivity contribution in [3.05, 3.63) is 30.1 Å². The zero-order valence-electron chi connectivity index (χ0n) is 14.9. The van der Waals surface area contributed by atoms with Crippen molar-refractivity contribution in [2.45, 2.75) is 39.3 Å². The topological polar surface area (TPSA) is 65.5 Å². The molecule has 0 unspecified atom stereocenters. The summed E-state index contributed by atoms with van der Waals surface area (Å²) in [6.07, 6.45) is 5.62. The third-order valence-corrected chi connectivity index (χ3v) is 4.45.